The molecule has 0 atom stereocenters. The topological polar surface area (TPSA) is 110 Å². The molecule has 0 saturated carbocycles. The Morgan fingerprint density at radius 3 is 2.73 bits per heavy atom. The quantitative estimate of drug-likeness (QED) is 0.308. The van der Waals surface area contributed by atoms with Crippen molar-refractivity contribution < 1.29 is 19.6 Å². The number of thioether (sulfide) groups is 1. The molecular weight excluding hydrogens is 332 g/mol. The van der Waals surface area contributed by atoms with Crippen LogP contribution in [0.3, 0.4) is 0 Å². The summed E-state index contributed by atoms with van der Waals surface area (Å²) >= 11 is 6.76. The molecule has 1 amide bonds. The summed E-state index contributed by atoms with van der Waals surface area (Å²) in [6, 6.07) is 4.28. The minimum Gasteiger partial charge on any atom is -0.481 e. The molecule has 0 aliphatic rings. The third kappa shape index (κ3) is 6.77. The molecule has 2 N–H and O–H groups in total. The zero-order valence-electron chi connectivity index (χ0n) is 11.6. The second kappa shape index (κ2) is 9.26. The second-order valence-electron chi connectivity index (χ2n) is 4.36. The number of carboxylic acids is 1. The zero-order valence-corrected chi connectivity index (χ0v) is 13.2. The van der Waals surface area contributed by atoms with E-state index in [1.807, 2.05) is 0 Å². The molecular formula is C13H15ClN2O5S. The first-order valence-corrected chi connectivity index (χ1v) is 7.81. The van der Waals surface area contributed by atoms with E-state index in [-0.39, 0.29) is 28.8 Å². The maximum atomic E-state index is 11.6. The van der Waals surface area contributed by atoms with Crippen LogP contribution in [0.1, 0.15) is 19.3 Å². The molecule has 0 saturated heterocycles. The molecule has 1 aromatic rings. The lowest BCUT2D eigenvalue weighted by atomic mass is 10.2. The number of halogens is 1. The van der Waals surface area contributed by atoms with Gasteiger partial charge in [-0.1, -0.05) is 11.6 Å². The van der Waals surface area contributed by atoms with Gasteiger partial charge in [0.1, 0.15) is 0 Å². The van der Waals surface area contributed by atoms with Crippen molar-refractivity contribution in [2.75, 3.05) is 12.3 Å². The fraction of sp³-hybridized carbons (Fsp3) is 0.385. The Morgan fingerprint density at radius 1 is 1.36 bits per heavy atom. The van der Waals surface area contributed by atoms with E-state index in [1.165, 1.54) is 18.2 Å². The van der Waals surface area contributed by atoms with E-state index in [0.29, 0.717) is 24.3 Å². The number of hydrogen-bond donors (Lipinski definition) is 2. The van der Waals surface area contributed by atoms with E-state index in [9.17, 15) is 19.7 Å². The lowest BCUT2D eigenvalue weighted by Crippen LogP contribution is -2.26. The molecule has 0 spiro atoms. The maximum absolute atomic E-state index is 11.6. The molecule has 1 rings (SSSR count). The van der Waals surface area contributed by atoms with Crippen molar-refractivity contribution in [3.8, 4) is 0 Å². The summed E-state index contributed by atoms with van der Waals surface area (Å²) < 4.78 is 0. The van der Waals surface area contributed by atoms with Crippen molar-refractivity contribution in [3.05, 3.63) is 33.3 Å². The van der Waals surface area contributed by atoms with Crippen LogP contribution in [0.5, 0.6) is 0 Å². The highest BCUT2D eigenvalue weighted by Crippen LogP contribution is 2.31. The van der Waals surface area contributed by atoms with Crippen LogP contribution in [0.15, 0.2) is 23.1 Å². The fourth-order valence-corrected chi connectivity index (χ4v) is 2.58. The van der Waals surface area contributed by atoms with Gasteiger partial charge in [-0.3, -0.25) is 19.7 Å². The van der Waals surface area contributed by atoms with Gasteiger partial charge in [0.05, 0.1) is 15.6 Å². The summed E-state index contributed by atoms with van der Waals surface area (Å²) in [4.78, 5) is 32.7. The third-order valence-corrected chi connectivity index (χ3v) is 3.91. The summed E-state index contributed by atoms with van der Waals surface area (Å²) in [7, 11) is 0. The summed E-state index contributed by atoms with van der Waals surface area (Å²) in [5, 5.41) is 22.3. The standard InChI is InChI=1S/C13H15ClN2O5S/c14-9-4-5-11(10(7-9)16(20)21)22-8-12(17)15-6-2-1-3-13(18)19/h4-5,7H,1-3,6,8H2,(H,15,17)(H,18,19). The highest BCUT2D eigenvalue weighted by Gasteiger charge is 2.15. The van der Waals surface area contributed by atoms with Crippen LogP contribution in [0.4, 0.5) is 5.69 Å². The number of amides is 1. The van der Waals surface area contributed by atoms with Gasteiger partial charge < -0.3 is 10.4 Å². The highest BCUT2D eigenvalue weighted by molar-refractivity contribution is 8.00. The molecule has 0 aliphatic carbocycles. The Balaban J connectivity index is 2.38. The Labute approximate surface area is 136 Å². The predicted molar refractivity (Wildman–Crippen MR) is 83.3 cm³/mol. The van der Waals surface area contributed by atoms with Gasteiger partial charge in [-0.15, -0.1) is 11.8 Å². The van der Waals surface area contributed by atoms with Crippen LogP contribution in [-0.4, -0.2) is 34.2 Å². The summed E-state index contributed by atoms with van der Waals surface area (Å²) in [6.45, 7) is 0.384. The number of nitro groups is 1. The molecule has 120 valence electrons. The molecule has 0 aliphatic heterocycles. The SMILES string of the molecule is O=C(O)CCCCNC(=O)CSc1ccc(Cl)cc1[N+](=O)[O-]. The van der Waals surface area contributed by atoms with Crippen LogP contribution in [0.25, 0.3) is 0 Å². The van der Waals surface area contributed by atoms with Gasteiger partial charge in [0, 0.05) is 24.1 Å². The van der Waals surface area contributed by atoms with Crippen molar-refractivity contribution in [2.45, 2.75) is 24.2 Å². The van der Waals surface area contributed by atoms with E-state index < -0.39 is 10.9 Å². The van der Waals surface area contributed by atoms with Crippen LogP contribution in [-0.2, 0) is 9.59 Å². The van der Waals surface area contributed by atoms with Crippen LogP contribution in [0.2, 0.25) is 5.02 Å². The largest absolute Gasteiger partial charge is 0.481 e. The Kier molecular flexibility index (Phi) is 7.69. The number of nitrogens with zero attached hydrogens (tertiary/aromatic N) is 1. The monoisotopic (exact) mass is 346 g/mol. The van der Waals surface area contributed by atoms with E-state index in [4.69, 9.17) is 16.7 Å². The van der Waals surface area contributed by atoms with Gasteiger partial charge in [-0.2, -0.15) is 0 Å². The smallest absolute Gasteiger partial charge is 0.303 e. The van der Waals surface area contributed by atoms with E-state index in [1.54, 1.807) is 0 Å². The van der Waals surface area contributed by atoms with Crippen molar-refractivity contribution in [1.82, 2.24) is 5.32 Å². The van der Waals surface area contributed by atoms with E-state index in [2.05, 4.69) is 5.32 Å². The normalized spacial score (nSPS) is 10.2. The number of rotatable bonds is 9. The van der Waals surface area contributed by atoms with Gasteiger partial charge in [0.2, 0.25) is 5.91 Å². The number of unbranched alkanes of at least 4 members (excludes halogenated alkanes) is 1. The number of carbonyl (C=O) groups is 2. The van der Waals surface area contributed by atoms with Crippen LogP contribution < -0.4 is 5.32 Å². The van der Waals surface area contributed by atoms with Crippen molar-refractivity contribution in [1.29, 1.82) is 0 Å². The molecule has 0 radical (unpaired) electrons. The molecule has 0 heterocycles. The average Bonchev–Trinajstić information content (AvgIpc) is 2.45. The van der Waals surface area contributed by atoms with Gasteiger partial charge in [-0.25, -0.2) is 0 Å². The number of nitrogens with one attached hydrogen (secondary N) is 1. The Hall–Kier alpha value is -1.80. The Bertz CT molecular complexity index is 567. The number of nitro benzene ring substituents is 1. The van der Waals surface area contributed by atoms with Gasteiger partial charge in [0.15, 0.2) is 0 Å². The first kappa shape index (κ1) is 18.2. The molecule has 7 nitrogen and oxygen atoms in total. The number of hydrogen-bond acceptors (Lipinski definition) is 5. The van der Waals surface area contributed by atoms with Crippen molar-refractivity contribution in [2.24, 2.45) is 0 Å². The minimum atomic E-state index is -0.864. The minimum absolute atomic E-state index is 0.0431. The second-order valence-corrected chi connectivity index (χ2v) is 5.81. The van der Waals surface area contributed by atoms with Crippen LogP contribution in [0, 0.1) is 10.1 Å². The first-order valence-electron chi connectivity index (χ1n) is 6.45. The molecule has 0 bridgehead atoms. The number of carbonyl (C=O) groups excluding carboxylic acids is 1. The molecule has 1 aromatic carbocycles. The number of aliphatic carboxylic acids is 1. The summed E-state index contributed by atoms with van der Waals surface area (Å²) in [5.74, 6) is -1.08. The summed E-state index contributed by atoms with van der Waals surface area (Å²) in [5.41, 5.74) is -0.133. The Morgan fingerprint density at radius 2 is 2.09 bits per heavy atom. The fourth-order valence-electron chi connectivity index (χ4n) is 1.58. The van der Waals surface area contributed by atoms with Crippen molar-refractivity contribution >= 4 is 40.9 Å². The number of benzene rings is 1. The predicted octanol–water partition coefficient (Wildman–Crippen LogP) is 2.71. The molecule has 9 heteroatoms. The summed E-state index contributed by atoms with van der Waals surface area (Å²) in [6.07, 6.45) is 1.14. The zero-order chi connectivity index (χ0) is 16.5. The molecule has 0 fully saturated rings. The first-order chi connectivity index (χ1) is 10.4. The molecule has 0 unspecified atom stereocenters. The maximum Gasteiger partial charge on any atom is 0.303 e. The van der Waals surface area contributed by atoms with E-state index >= 15 is 0 Å². The van der Waals surface area contributed by atoms with E-state index in [0.717, 1.165) is 11.8 Å². The van der Waals surface area contributed by atoms with Gasteiger partial charge in [0.25, 0.3) is 5.69 Å². The van der Waals surface area contributed by atoms with Crippen LogP contribution >= 0.6 is 23.4 Å². The lowest BCUT2D eigenvalue weighted by Gasteiger charge is -2.05. The lowest BCUT2D eigenvalue weighted by molar-refractivity contribution is -0.387. The van der Waals surface area contributed by atoms with Gasteiger partial charge in [-0.05, 0) is 25.0 Å². The molecule has 0 aromatic heterocycles. The number of carboxylic acid groups (broad SMARTS) is 1. The molecule has 22 heavy (non-hydrogen) atoms. The third-order valence-electron chi connectivity index (χ3n) is 2.62. The average molecular weight is 347 g/mol. The van der Waals surface area contributed by atoms with Gasteiger partial charge >= 0.3 is 5.97 Å². The van der Waals surface area contributed by atoms with Crippen molar-refractivity contribution in [3.63, 3.8) is 0 Å². The highest BCUT2D eigenvalue weighted by atomic mass is 35.5.